The van der Waals surface area contributed by atoms with Gasteiger partial charge >= 0.3 is 6.01 Å². The zero-order chi connectivity index (χ0) is 12.8. The van der Waals surface area contributed by atoms with Gasteiger partial charge in [0.2, 0.25) is 0 Å². The highest BCUT2D eigenvalue weighted by Crippen LogP contribution is 2.63. The molecule has 1 aliphatic rings. The van der Waals surface area contributed by atoms with E-state index in [4.69, 9.17) is 16.3 Å². The molecule has 1 aromatic heterocycles. The third-order valence-corrected chi connectivity index (χ3v) is 4.48. The zero-order valence-corrected chi connectivity index (χ0v) is 11.6. The van der Waals surface area contributed by atoms with E-state index in [2.05, 4.69) is 43.0 Å². The summed E-state index contributed by atoms with van der Waals surface area (Å²) in [5, 5.41) is 3.89. The molecule has 0 aliphatic heterocycles. The number of aromatic nitrogens is 2. The van der Waals surface area contributed by atoms with E-state index in [0.29, 0.717) is 22.9 Å². The second-order valence-corrected chi connectivity index (χ2v) is 5.98. The monoisotopic (exact) mass is 255 g/mol. The third kappa shape index (κ3) is 1.84. The quantitative estimate of drug-likeness (QED) is 0.902. The summed E-state index contributed by atoms with van der Waals surface area (Å²) < 4.78 is 4.99. The molecule has 1 aliphatic carbocycles. The van der Waals surface area contributed by atoms with Crippen molar-refractivity contribution in [3.63, 3.8) is 0 Å². The van der Waals surface area contributed by atoms with E-state index in [-0.39, 0.29) is 10.8 Å². The zero-order valence-electron chi connectivity index (χ0n) is 10.8. The van der Waals surface area contributed by atoms with Crippen molar-refractivity contribution in [2.75, 3.05) is 12.4 Å². The molecule has 1 fully saturated rings. The molecule has 1 saturated carbocycles. The Morgan fingerprint density at radius 3 is 2.35 bits per heavy atom. The maximum atomic E-state index is 6.07. The van der Waals surface area contributed by atoms with Crippen LogP contribution < -0.4 is 10.1 Å². The molecular weight excluding hydrogens is 238 g/mol. The number of ether oxygens (including phenoxy) is 1. The van der Waals surface area contributed by atoms with Gasteiger partial charge in [-0.05, 0) is 10.8 Å². The summed E-state index contributed by atoms with van der Waals surface area (Å²) in [6.07, 6.45) is 1.55. The Balaban J connectivity index is 2.21. The van der Waals surface area contributed by atoms with Crippen molar-refractivity contribution in [2.24, 2.45) is 10.8 Å². The SMILES string of the molecule is COc1ncc(Cl)c(NC2C(C)(C)C2(C)C)n1. The first-order valence-electron chi connectivity index (χ1n) is 5.64. The van der Waals surface area contributed by atoms with Gasteiger partial charge in [0, 0.05) is 6.04 Å². The average molecular weight is 256 g/mol. The molecular formula is C12H18ClN3O. The summed E-state index contributed by atoms with van der Waals surface area (Å²) in [6, 6.07) is 0.681. The number of hydrogen-bond donors (Lipinski definition) is 1. The fourth-order valence-electron chi connectivity index (χ4n) is 2.24. The minimum absolute atomic E-state index is 0.231. The van der Waals surface area contributed by atoms with Gasteiger partial charge in [-0.1, -0.05) is 39.3 Å². The van der Waals surface area contributed by atoms with Crippen LogP contribution in [0.1, 0.15) is 27.7 Å². The summed E-state index contributed by atoms with van der Waals surface area (Å²) in [5.74, 6) is 0.641. The summed E-state index contributed by atoms with van der Waals surface area (Å²) in [6.45, 7) is 8.93. The number of halogens is 1. The smallest absolute Gasteiger partial charge is 0.318 e. The lowest BCUT2D eigenvalue weighted by atomic mass is 10.0. The molecule has 0 atom stereocenters. The maximum Gasteiger partial charge on any atom is 0.318 e. The van der Waals surface area contributed by atoms with E-state index in [0.717, 1.165) is 0 Å². The minimum atomic E-state index is 0.231. The van der Waals surface area contributed by atoms with Crippen LogP contribution in [0.15, 0.2) is 6.20 Å². The Hall–Kier alpha value is -1.03. The molecule has 94 valence electrons. The number of nitrogens with one attached hydrogen (secondary N) is 1. The predicted molar refractivity (Wildman–Crippen MR) is 68.6 cm³/mol. The standard InChI is InChI=1S/C12H18ClN3O/c1-11(2)9(12(11,3)4)15-8-7(13)6-14-10(16-8)17-5/h6,9H,1-5H3,(H,14,15,16). The lowest BCUT2D eigenvalue weighted by Crippen LogP contribution is -2.12. The second kappa shape index (κ2) is 3.73. The fraction of sp³-hybridized carbons (Fsp3) is 0.667. The van der Waals surface area contributed by atoms with Crippen LogP contribution >= 0.6 is 11.6 Å². The molecule has 4 nitrogen and oxygen atoms in total. The van der Waals surface area contributed by atoms with Gasteiger partial charge in [-0.25, -0.2) is 4.98 Å². The van der Waals surface area contributed by atoms with Gasteiger partial charge < -0.3 is 10.1 Å². The largest absolute Gasteiger partial charge is 0.467 e. The van der Waals surface area contributed by atoms with Gasteiger partial charge in [-0.15, -0.1) is 0 Å². The van der Waals surface area contributed by atoms with Crippen LogP contribution in [0, 0.1) is 10.8 Å². The summed E-state index contributed by atoms with van der Waals surface area (Å²) >= 11 is 6.07. The van der Waals surface area contributed by atoms with Crippen LogP contribution in [0.2, 0.25) is 5.02 Å². The van der Waals surface area contributed by atoms with Gasteiger partial charge in [0.15, 0.2) is 5.82 Å². The van der Waals surface area contributed by atoms with Crippen molar-refractivity contribution in [1.82, 2.24) is 9.97 Å². The summed E-state index contributed by atoms with van der Waals surface area (Å²) in [5.41, 5.74) is 0.461. The molecule has 1 heterocycles. The Bertz CT molecular complexity index is 431. The van der Waals surface area contributed by atoms with Crippen molar-refractivity contribution in [2.45, 2.75) is 33.7 Å². The number of rotatable bonds is 3. The average Bonchev–Trinajstić information content (AvgIpc) is 2.64. The highest BCUT2D eigenvalue weighted by atomic mass is 35.5. The molecule has 0 spiro atoms. The molecule has 1 N–H and O–H groups in total. The molecule has 0 bridgehead atoms. The van der Waals surface area contributed by atoms with Crippen molar-refractivity contribution < 1.29 is 4.74 Å². The van der Waals surface area contributed by atoms with Crippen LogP contribution in [0.25, 0.3) is 0 Å². The molecule has 0 saturated heterocycles. The molecule has 0 amide bonds. The Morgan fingerprint density at radius 1 is 1.29 bits per heavy atom. The Morgan fingerprint density at radius 2 is 1.88 bits per heavy atom. The lowest BCUT2D eigenvalue weighted by Gasteiger charge is -2.09. The van der Waals surface area contributed by atoms with Crippen LogP contribution in [0.5, 0.6) is 6.01 Å². The topological polar surface area (TPSA) is 47.0 Å². The molecule has 0 unspecified atom stereocenters. The first-order chi connectivity index (χ1) is 7.80. The van der Waals surface area contributed by atoms with Crippen molar-refractivity contribution in [1.29, 1.82) is 0 Å². The van der Waals surface area contributed by atoms with Gasteiger partial charge in [-0.2, -0.15) is 4.98 Å². The van der Waals surface area contributed by atoms with Crippen LogP contribution in [0.4, 0.5) is 5.82 Å². The second-order valence-electron chi connectivity index (χ2n) is 5.57. The highest BCUT2D eigenvalue weighted by Gasteiger charge is 2.65. The molecule has 0 radical (unpaired) electrons. The molecule has 5 heteroatoms. The normalized spacial score (nSPS) is 21.1. The van der Waals surface area contributed by atoms with Crippen LogP contribution in [-0.4, -0.2) is 23.1 Å². The number of methoxy groups -OCH3 is 1. The predicted octanol–water partition coefficient (Wildman–Crippen LogP) is 2.99. The van der Waals surface area contributed by atoms with Crippen molar-refractivity contribution in [3.05, 3.63) is 11.2 Å². The van der Waals surface area contributed by atoms with Crippen LogP contribution in [-0.2, 0) is 0 Å². The van der Waals surface area contributed by atoms with E-state index in [9.17, 15) is 0 Å². The van der Waals surface area contributed by atoms with Gasteiger partial charge in [0.1, 0.15) is 5.02 Å². The van der Waals surface area contributed by atoms with E-state index < -0.39 is 0 Å². The van der Waals surface area contributed by atoms with E-state index in [1.807, 2.05) is 0 Å². The lowest BCUT2D eigenvalue weighted by molar-refractivity contribution is 0.380. The highest BCUT2D eigenvalue weighted by molar-refractivity contribution is 6.32. The first kappa shape index (κ1) is 12.4. The number of nitrogens with zero attached hydrogens (tertiary/aromatic N) is 2. The summed E-state index contributed by atoms with van der Waals surface area (Å²) in [4.78, 5) is 8.18. The summed E-state index contributed by atoms with van der Waals surface area (Å²) in [7, 11) is 1.54. The Labute approximate surface area is 107 Å². The number of hydrogen-bond acceptors (Lipinski definition) is 4. The van der Waals surface area contributed by atoms with Gasteiger partial charge in [-0.3, -0.25) is 0 Å². The van der Waals surface area contributed by atoms with Crippen molar-refractivity contribution in [3.8, 4) is 6.01 Å². The third-order valence-electron chi connectivity index (χ3n) is 4.21. The Kier molecular flexibility index (Phi) is 2.73. The fourth-order valence-corrected chi connectivity index (χ4v) is 2.39. The first-order valence-corrected chi connectivity index (χ1v) is 6.01. The minimum Gasteiger partial charge on any atom is -0.467 e. The molecule has 2 rings (SSSR count). The molecule has 1 aromatic rings. The van der Waals surface area contributed by atoms with Gasteiger partial charge in [0.25, 0.3) is 0 Å². The molecule has 17 heavy (non-hydrogen) atoms. The maximum absolute atomic E-state index is 6.07. The van der Waals surface area contributed by atoms with E-state index in [1.165, 1.54) is 7.11 Å². The van der Waals surface area contributed by atoms with Crippen molar-refractivity contribution >= 4 is 17.4 Å². The van der Waals surface area contributed by atoms with Gasteiger partial charge in [0.05, 0.1) is 13.3 Å². The molecule has 0 aromatic carbocycles. The van der Waals surface area contributed by atoms with E-state index >= 15 is 0 Å². The number of anilines is 1. The van der Waals surface area contributed by atoms with Crippen LogP contribution in [0.3, 0.4) is 0 Å². The van der Waals surface area contributed by atoms with E-state index in [1.54, 1.807) is 6.20 Å².